The Morgan fingerprint density at radius 1 is 1.12 bits per heavy atom. The van der Waals surface area contributed by atoms with Gasteiger partial charge in [-0.25, -0.2) is 9.78 Å². The summed E-state index contributed by atoms with van der Waals surface area (Å²) in [5.41, 5.74) is 3.27. The van der Waals surface area contributed by atoms with E-state index in [-0.39, 0.29) is 23.0 Å². The molecule has 2 unspecified atom stereocenters. The van der Waals surface area contributed by atoms with Crippen LogP contribution in [0.1, 0.15) is 61.4 Å². The molecule has 0 saturated carbocycles. The highest BCUT2D eigenvalue weighted by molar-refractivity contribution is 7.99. The molecule has 1 aliphatic heterocycles. The number of benzene rings is 1. The molecule has 2 atom stereocenters. The Morgan fingerprint density at radius 2 is 1.82 bits per heavy atom. The average Bonchev–Trinajstić information content (AvgIpc) is 3.18. The first-order valence-electron chi connectivity index (χ1n) is 13.2. The molecule has 0 amide bonds. The highest BCUT2D eigenvalue weighted by atomic mass is 32.2. The molecule has 1 aromatic carbocycles. The number of nitrogens with zero attached hydrogens (tertiary/aromatic N) is 3. The summed E-state index contributed by atoms with van der Waals surface area (Å²) in [6.45, 7) is 3.48. The monoisotopic (exact) mass is 560 g/mol. The molecule has 0 fully saturated rings. The number of aryl methyl sites for hydroxylation is 2. The molecule has 208 valence electrons. The minimum absolute atomic E-state index is 0.112. The average molecular weight is 561 g/mol. The number of nitrogens with one attached hydrogen (secondary N) is 1. The van der Waals surface area contributed by atoms with Crippen molar-refractivity contribution >= 4 is 23.6 Å². The number of ether oxygens (including phenoxy) is 4. The third-order valence-electron chi connectivity index (χ3n) is 6.87. The Balaban J connectivity index is 1.81. The molecule has 10 heteroatoms. The van der Waals surface area contributed by atoms with E-state index in [1.165, 1.54) is 26.0 Å². The second-order valence-corrected chi connectivity index (χ2v) is 10.9. The molecule has 2 heterocycles. The number of fused-ring (bicyclic) bond motifs is 1. The van der Waals surface area contributed by atoms with E-state index in [1.807, 2.05) is 6.07 Å². The van der Waals surface area contributed by atoms with Gasteiger partial charge in [0.2, 0.25) is 5.90 Å². The van der Waals surface area contributed by atoms with Gasteiger partial charge in [-0.05, 0) is 68.9 Å². The summed E-state index contributed by atoms with van der Waals surface area (Å²) in [6, 6.07) is 11.4. The van der Waals surface area contributed by atoms with Crippen LogP contribution in [0.5, 0.6) is 11.5 Å². The van der Waals surface area contributed by atoms with Crippen LogP contribution in [0.2, 0.25) is 0 Å². The van der Waals surface area contributed by atoms with Gasteiger partial charge < -0.3 is 18.9 Å². The molecule has 0 spiro atoms. The number of pyridine rings is 1. The van der Waals surface area contributed by atoms with Gasteiger partial charge in [-0.15, -0.1) is 0 Å². The molecule has 0 radical (unpaired) electrons. The van der Waals surface area contributed by atoms with E-state index in [9.17, 15) is 15.3 Å². The predicted octanol–water partition coefficient (Wildman–Crippen LogP) is 5.47. The highest BCUT2D eigenvalue weighted by Gasteiger charge is 2.43. The van der Waals surface area contributed by atoms with Crippen molar-refractivity contribution < 1.29 is 23.7 Å². The maximum absolute atomic E-state index is 13.6. The molecule has 9 nitrogen and oxygen atoms in total. The highest BCUT2D eigenvalue weighted by Crippen LogP contribution is 2.43. The van der Waals surface area contributed by atoms with Gasteiger partial charge in [-0.2, -0.15) is 10.5 Å². The first-order valence-corrected chi connectivity index (χ1v) is 14.2. The van der Waals surface area contributed by atoms with Crippen molar-refractivity contribution in [1.82, 2.24) is 4.98 Å². The molecule has 1 aliphatic carbocycles. The van der Waals surface area contributed by atoms with Crippen molar-refractivity contribution in [3.8, 4) is 23.6 Å². The van der Waals surface area contributed by atoms with Crippen molar-refractivity contribution in [1.29, 1.82) is 15.9 Å². The molecule has 1 aromatic heterocycles. The molecule has 0 saturated heterocycles. The van der Waals surface area contributed by atoms with Crippen LogP contribution in [0, 0.1) is 34.0 Å². The maximum Gasteiger partial charge on any atom is 0.338 e. The summed E-state index contributed by atoms with van der Waals surface area (Å²) in [5.74, 6) is -1.61. The lowest BCUT2D eigenvalue weighted by molar-refractivity contribution is -0.143. The molecule has 1 N–H and O–H groups in total. The van der Waals surface area contributed by atoms with Crippen LogP contribution >= 0.6 is 11.8 Å². The fourth-order valence-electron chi connectivity index (χ4n) is 4.99. The predicted molar refractivity (Wildman–Crippen MR) is 149 cm³/mol. The lowest BCUT2D eigenvalue weighted by Crippen LogP contribution is -2.35. The van der Waals surface area contributed by atoms with Gasteiger partial charge in [0.05, 0.1) is 43.3 Å². The second kappa shape index (κ2) is 12.9. The van der Waals surface area contributed by atoms with Gasteiger partial charge in [-0.3, -0.25) is 5.41 Å². The fraction of sp³-hybridized carbons (Fsp3) is 0.433. The summed E-state index contributed by atoms with van der Waals surface area (Å²) < 4.78 is 22.3. The largest absolute Gasteiger partial charge is 0.497 e. The SMILES string of the molecule is COc1cc(OC)cc(C2C(C(=O)OC(C)C)=C(CSc3nc4c(cc3C#N)CCCCC4)OC(=N)C2C#N)c1. The van der Waals surface area contributed by atoms with Crippen molar-refractivity contribution in [2.24, 2.45) is 5.92 Å². The number of thioether (sulfide) groups is 1. The van der Waals surface area contributed by atoms with Crippen LogP contribution in [-0.4, -0.2) is 42.9 Å². The summed E-state index contributed by atoms with van der Waals surface area (Å²) in [5, 5.41) is 29.0. The third-order valence-corrected chi connectivity index (χ3v) is 7.86. The number of carbonyl (C=O) groups excluding carboxylic acids is 1. The topological polar surface area (TPSA) is 138 Å². The molecule has 2 aliphatic rings. The number of methoxy groups -OCH3 is 2. The Bertz CT molecular complexity index is 1400. The number of esters is 1. The number of carbonyl (C=O) groups is 1. The van der Waals surface area contributed by atoms with E-state index in [1.54, 1.807) is 32.0 Å². The standard InChI is InChI=1S/C30H32N4O5S/c1-17(2)38-30(35)27-25(16-40-29-20(14-31)10-18-8-6-5-7-9-24(18)34-29)39-28(33)23(15-32)26(27)19-11-21(36-3)13-22(12-19)37-4/h10-13,17,23,26,33H,5-9,16H2,1-4H3. The van der Waals surface area contributed by atoms with Crippen LogP contribution in [0.3, 0.4) is 0 Å². The Morgan fingerprint density at radius 3 is 2.45 bits per heavy atom. The van der Waals surface area contributed by atoms with Gasteiger partial charge in [0.15, 0.2) is 0 Å². The lowest BCUT2D eigenvalue weighted by atomic mass is 9.78. The Kier molecular flexibility index (Phi) is 9.34. The first kappa shape index (κ1) is 29.0. The lowest BCUT2D eigenvalue weighted by Gasteiger charge is -2.32. The normalized spacial score (nSPS) is 18.6. The number of hydrogen-bond donors (Lipinski definition) is 1. The quantitative estimate of drug-likeness (QED) is 0.253. The number of aromatic nitrogens is 1. The smallest absolute Gasteiger partial charge is 0.338 e. The van der Waals surface area contributed by atoms with Crippen LogP contribution in [0.4, 0.5) is 0 Å². The first-order chi connectivity index (χ1) is 19.3. The fourth-order valence-corrected chi connectivity index (χ4v) is 5.90. The van der Waals surface area contributed by atoms with E-state index < -0.39 is 23.9 Å². The van der Waals surface area contributed by atoms with Gasteiger partial charge >= 0.3 is 5.97 Å². The second-order valence-electron chi connectivity index (χ2n) is 9.90. The van der Waals surface area contributed by atoms with Gasteiger partial charge in [0.1, 0.15) is 34.3 Å². The van der Waals surface area contributed by atoms with Gasteiger partial charge in [0, 0.05) is 17.7 Å². The molecule has 4 rings (SSSR count). The molecular weight excluding hydrogens is 528 g/mol. The van der Waals surface area contributed by atoms with Crippen molar-refractivity contribution in [3.05, 3.63) is 58.0 Å². The zero-order valence-electron chi connectivity index (χ0n) is 23.1. The van der Waals surface area contributed by atoms with Crippen molar-refractivity contribution in [2.75, 3.05) is 20.0 Å². The number of nitriles is 2. The van der Waals surface area contributed by atoms with E-state index in [2.05, 4.69) is 12.1 Å². The Hall–Kier alpha value is -4.02. The van der Waals surface area contributed by atoms with E-state index in [0.29, 0.717) is 27.7 Å². The third kappa shape index (κ3) is 6.24. The minimum Gasteiger partial charge on any atom is -0.497 e. The maximum atomic E-state index is 13.6. The number of rotatable bonds is 8. The van der Waals surface area contributed by atoms with Crippen LogP contribution in [-0.2, 0) is 27.1 Å². The van der Waals surface area contributed by atoms with Gasteiger partial charge in [-0.1, -0.05) is 18.2 Å². The zero-order chi connectivity index (χ0) is 28.8. The molecule has 40 heavy (non-hydrogen) atoms. The van der Waals surface area contributed by atoms with E-state index in [0.717, 1.165) is 43.4 Å². The molecular formula is C30H32N4O5S. The summed E-state index contributed by atoms with van der Waals surface area (Å²) in [6.07, 6.45) is 4.59. The van der Waals surface area contributed by atoms with Crippen LogP contribution in [0.25, 0.3) is 0 Å². The van der Waals surface area contributed by atoms with E-state index >= 15 is 0 Å². The van der Waals surface area contributed by atoms with E-state index in [4.69, 9.17) is 29.3 Å². The van der Waals surface area contributed by atoms with Crippen molar-refractivity contribution in [2.45, 2.75) is 63.0 Å². The Labute approximate surface area is 238 Å². The van der Waals surface area contributed by atoms with Crippen LogP contribution in [0.15, 0.2) is 40.6 Å². The van der Waals surface area contributed by atoms with Crippen molar-refractivity contribution in [3.63, 3.8) is 0 Å². The summed E-state index contributed by atoms with van der Waals surface area (Å²) >= 11 is 1.27. The zero-order valence-corrected chi connectivity index (χ0v) is 23.9. The van der Waals surface area contributed by atoms with Crippen LogP contribution < -0.4 is 9.47 Å². The summed E-state index contributed by atoms with van der Waals surface area (Å²) in [7, 11) is 3.02. The summed E-state index contributed by atoms with van der Waals surface area (Å²) in [4.78, 5) is 18.4. The molecule has 2 aromatic rings. The minimum atomic E-state index is -1.08. The molecule has 0 bridgehead atoms. The van der Waals surface area contributed by atoms with Gasteiger partial charge in [0.25, 0.3) is 0 Å². The number of hydrogen-bond acceptors (Lipinski definition) is 10.